The standard InChI is InChI=1S/C15H14FNO2/c16-13-6-9(2-4-15(13)19)11-5-10-1-3-12(18)7-14(10)17-8-11/h1-4,6-7,11,17-19H,5,8H2. The molecule has 0 amide bonds. The highest BCUT2D eigenvalue weighted by molar-refractivity contribution is 5.57. The third-order valence-corrected chi connectivity index (χ3v) is 3.54. The molecule has 0 aromatic heterocycles. The number of rotatable bonds is 1. The van der Waals surface area contributed by atoms with Crippen LogP contribution in [0.15, 0.2) is 36.4 Å². The van der Waals surface area contributed by atoms with Crippen LogP contribution in [0, 0.1) is 5.82 Å². The maximum atomic E-state index is 13.4. The molecular formula is C15H14FNO2. The van der Waals surface area contributed by atoms with Crippen molar-refractivity contribution in [2.24, 2.45) is 0 Å². The number of anilines is 1. The molecule has 0 aliphatic carbocycles. The van der Waals surface area contributed by atoms with Crippen molar-refractivity contribution < 1.29 is 14.6 Å². The molecule has 98 valence electrons. The number of fused-ring (bicyclic) bond motifs is 1. The second-order valence-electron chi connectivity index (χ2n) is 4.83. The molecule has 1 unspecified atom stereocenters. The zero-order valence-corrected chi connectivity index (χ0v) is 10.2. The summed E-state index contributed by atoms with van der Waals surface area (Å²) in [6, 6.07) is 9.74. The summed E-state index contributed by atoms with van der Waals surface area (Å²) in [5.74, 6) is -0.514. The third kappa shape index (κ3) is 2.21. The average molecular weight is 259 g/mol. The normalized spacial score (nSPS) is 17.6. The third-order valence-electron chi connectivity index (χ3n) is 3.54. The second kappa shape index (κ2) is 4.46. The molecular weight excluding hydrogens is 245 g/mol. The zero-order chi connectivity index (χ0) is 13.4. The number of phenolic OH excluding ortho intramolecular Hbond substituents is 2. The molecule has 1 atom stereocenters. The molecule has 0 saturated carbocycles. The summed E-state index contributed by atoms with van der Waals surface area (Å²) < 4.78 is 13.4. The van der Waals surface area contributed by atoms with E-state index in [2.05, 4.69) is 5.32 Å². The van der Waals surface area contributed by atoms with Crippen molar-refractivity contribution in [1.82, 2.24) is 0 Å². The van der Waals surface area contributed by atoms with E-state index < -0.39 is 5.82 Å². The van der Waals surface area contributed by atoms with Crippen LogP contribution in [0.2, 0.25) is 0 Å². The van der Waals surface area contributed by atoms with Gasteiger partial charge in [0.25, 0.3) is 0 Å². The fourth-order valence-electron chi connectivity index (χ4n) is 2.49. The van der Waals surface area contributed by atoms with Crippen LogP contribution < -0.4 is 5.32 Å². The lowest BCUT2D eigenvalue weighted by Crippen LogP contribution is -2.21. The van der Waals surface area contributed by atoms with Gasteiger partial charge in [0.05, 0.1) is 0 Å². The lowest BCUT2D eigenvalue weighted by Gasteiger charge is -2.26. The number of nitrogens with one attached hydrogen (secondary N) is 1. The van der Waals surface area contributed by atoms with Gasteiger partial charge in [-0.25, -0.2) is 4.39 Å². The second-order valence-corrected chi connectivity index (χ2v) is 4.83. The first kappa shape index (κ1) is 11.8. The molecule has 19 heavy (non-hydrogen) atoms. The summed E-state index contributed by atoms with van der Waals surface area (Å²) in [6.07, 6.45) is 0.785. The Balaban J connectivity index is 1.89. The molecule has 3 N–H and O–H groups in total. The van der Waals surface area contributed by atoms with E-state index in [-0.39, 0.29) is 17.4 Å². The van der Waals surface area contributed by atoms with Gasteiger partial charge in [-0.05, 0) is 35.7 Å². The van der Waals surface area contributed by atoms with Gasteiger partial charge in [-0.15, -0.1) is 0 Å². The predicted molar refractivity (Wildman–Crippen MR) is 71.1 cm³/mol. The van der Waals surface area contributed by atoms with Gasteiger partial charge in [-0.2, -0.15) is 0 Å². The molecule has 0 spiro atoms. The van der Waals surface area contributed by atoms with Crippen molar-refractivity contribution in [3.8, 4) is 11.5 Å². The van der Waals surface area contributed by atoms with Crippen LogP contribution in [-0.2, 0) is 6.42 Å². The molecule has 1 aliphatic heterocycles. The summed E-state index contributed by atoms with van der Waals surface area (Å²) in [6.45, 7) is 0.681. The van der Waals surface area contributed by atoms with Gasteiger partial charge < -0.3 is 15.5 Å². The lowest BCUT2D eigenvalue weighted by molar-refractivity contribution is 0.431. The van der Waals surface area contributed by atoms with Crippen molar-refractivity contribution in [2.75, 3.05) is 11.9 Å². The van der Waals surface area contributed by atoms with Crippen LogP contribution >= 0.6 is 0 Å². The van der Waals surface area contributed by atoms with Gasteiger partial charge in [-0.3, -0.25) is 0 Å². The van der Waals surface area contributed by atoms with Gasteiger partial charge in [0.1, 0.15) is 5.75 Å². The number of aromatic hydroxyl groups is 2. The number of hydrogen-bond acceptors (Lipinski definition) is 3. The van der Waals surface area contributed by atoms with Crippen LogP contribution in [0.1, 0.15) is 17.0 Å². The molecule has 2 aromatic rings. The van der Waals surface area contributed by atoms with Gasteiger partial charge in [-0.1, -0.05) is 12.1 Å². The fraction of sp³-hybridized carbons (Fsp3) is 0.200. The summed E-state index contributed by atoms with van der Waals surface area (Å²) in [4.78, 5) is 0. The Bertz CT molecular complexity index is 628. The van der Waals surface area contributed by atoms with Crippen molar-refractivity contribution in [3.05, 3.63) is 53.3 Å². The molecule has 0 saturated heterocycles. The Kier molecular flexibility index (Phi) is 2.78. The molecule has 3 rings (SSSR count). The minimum atomic E-state index is -0.589. The largest absolute Gasteiger partial charge is 0.508 e. The Morgan fingerprint density at radius 3 is 2.74 bits per heavy atom. The van der Waals surface area contributed by atoms with E-state index in [0.29, 0.717) is 6.54 Å². The minimum Gasteiger partial charge on any atom is -0.508 e. The van der Waals surface area contributed by atoms with E-state index in [4.69, 9.17) is 0 Å². The van der Waals surface area contributed by atoms with Crippen LogP contribution in [-0.4, -0.2) is 16.8 Å². The number of phenols is 2. The van der Waals surface area contributed by atoms with Crippen molar-refractivity contribution >= 4 is 5.69 Å². The molecule has 1 aliphatic rings. The van der Waals surface area contributed by atoms with Crippen molar-refractivity contribution in [3.63, 3.8) is 0 Å². The average Bonchev–Trinajstić information content (AvgIpc) is 2.41. The van der Waals surface area contributed by atoms with Gasteiger partial charge in [0, 0.05) is 24.2 Å². The van der Waals surface area contributed by atoms with Gasteiger partial charge in [0.15, 0.2) is 11.6 Å². The van der Waals surface area contributed by atoms with E-state index in [9.17, 15) is 14.6 Å². The summed E-state index contributed by atoms with van der Waals surface area (Å²) >= 11 is 0. The molecule has 0 radical (unpaired) electrons. The Labute approximate surface area is 110 Å². The smallest absolute Gasteiger partial charge is 0.165 e. The summed E-state index contributed by atoms with van der Waals surface area (Å²) in [7, 11) is 0. The molecule has 2 aromatic carbocycles. The summed E-state index contributed by atoms with van der Waals surface area (Å²) in [5.41, 5.74) is 2.89. The van der Waals surface area contributed by atoms with Crippen molar-refractivity contribution in [2.45, 2.75) is 12.3 Å². The molecule has 0 bridgehead atoms. The monoisotopic (exact) mass is 259 g/mol. The van der Waals surface area contributed by atoms with Crippen LogP contribution in [0.4, 0.5) is 10.1 Å². The molecule has 3 nitrogen and oxygen atoms in total. The topological polar surface area (TPSA) is 52.5 Å². The number of halogens is 1. The van der Waals surface area contributed by atoms with Crippen LogP contribution in [0.5, 0.6) is 11.5 Å². The predicted octanol–water partition coefficient (Wildman–Crippen LogP) is 2.99. The van der Waals surface area contributed by atoms with E-state index in [1.807, 2.05) is 6.07 Å². The zero-order valence-electron chi connectivity index (χ0n) is 10.2. The number of hydrogen-bond donors (Lipinski definition) is 3. The highest BCUT2D eigenvalue weighted by Crippen LogP contribution is 2.33. The van der Waals surface area contributed by atoms with Gasteiger partial charge in [0.2, 0.25) is 0 Å². The first-order valence-corrected chi connectivity index (χ1v) is 6.17. The summed E-state index contributed by atoms with van der Waals surface area (Å²) in [5, 5.41) is 21.9. The highest BCUT2D eigenvalue weighted by atomic mass is 19.1. The Hall–Kier alpha value is -2.23. The SMILES string of the molecule is Oc1ccc2c(c1)NCC(c1ccc(O)c(F)c1)C2. The fourth-order valence-corrected chi connectivity index (χ4v) is 2.49. The quantitative estimate of drug-likeness (QED) is 0.738. The Morgan fingerprint density at radius 1 is 1.11 bits per heavy atom. The first-order valence-electron chi connectivity index (χ1n) is 6.17. The maximum Gasteiger partial charge on any atom is 0.165 e. The van der Waals surface area contributed by atoms with Crippen LogP contribution in [0.25, 0.3) is 0 Å². The molecule has 1 heterocycles. The maximum absolute atomic E-state index is 13.4. The van der Waals surface area contributed by atoms with Crippen LogP contribution in [0.3, 0.4) is 0 Å². The minimum absolute atomic E-state index is 0.159. The first-order chi connectivity index (χ1) is 9.13. The highest BCUT2D eigenvalue weighted by Gasteiger charge is 2.20. The molecule has 0 fully saturated rings. The number of benzene rings is 2. The van der Waals surface area contributed by atoms with Crippen molar-refractivity contribution in [1.29, 1.82) is 0 Å². The Morgan fingerprint density at radius 2 is 1.95 bits per heavy atom. The lowest BCUT2D eigenvalue weighted by atomic mass is 9.88. The van der Waals surface area contributed by atoms with Gasteiger partial charge >= 0.3 is 0 Å². The van der Waals surface area contributed by atoms with E-state index in [1.54, 1.807) is 18.2 Å². The van der Waals surface area contributed by atoms with E-state index >= 15 is 0 Å². The van der Waals surface area contributed by atoms with E-state index in [1.165, 1.54) is 12.1 Å². The van der Waals surface area contributed by atoms with E-state index in [0.717, 1.165) is 23.2 Å². The molecule has 4 heteroatoms.